The average molecular weight is 492 g/mol. The zero-order chi connectivity index (χ0) is 25.7. The molecule has 1 unspecified atom stereocenters. The van der Waals surface area contributed by atoms with Crippen LogP contribution in [0.25, 0.3) is 5.95 Å². The van der Waals surface area contributed by atoms with Crippen molar-refractivity contribution < 1.29 is 13.9 Å². The number of benzene rings is 2. The summed E-state index contributed by atoms with van der Waals surface area (Å²) < 4.78 is 28.0. The molecular weight excluding hydrogens is 465 g/mol. The van der Waals surface area contributed by atoms with Crippen LogP contribution in [-0.4, -0.2) is 43.8 Å². The number of aromatic amines is 1. The van der Waals surface area contributed by atoms with Crippen LogP contribution in [0, 0.1) is 11.2 Å². The summed E-state index contributed by atoms with van der Waals surface area (Å²) in [5.41, 5.74) is 6.65. The first-order valence-corrected chi connectivity index (χ1v) is 11.4. The zero-order valence-corrected chi connectivity index (χ0v) is 19.9. The number of aromatic nitrogens is 5. The third-order valence-corrected chi connectivity index (χ3v) is 5.44. The minimum Gasteiger partial charge on any atom is -0.494 e. The van der Waals surface area contributed by atoms with Gasteiger partial charge in [0.25, 0.3) is 5.95 Å². The molecule has 0 radical (unpaired) electrons. The third-order valence-electron chi connectivity index (χ3n) is 5.44. The van der Waals surface area contributed by atoms with Crippen LogP contribution < -0.4 is 20.9 Å². The highest BCUT2D eigenvalue weighted by Crippen LogP contribution is 2.36. The second-order valence-electron chi connectivity index (χ2n) is 7.83. The fraction of sp³-hybridized carbons (Fsp3) is 0.240. The highest BCUT2D eigenvalue weighted by Gasteiger charge is 2.27. The van der Waals surface area contributed by atoms with E-state index in [9.17, 15) is 4.79 Å². The van der Waals surface area contributed by atoms with Crippen LogP contribution in [-0.2, 0) is 6.42 Å². The highest BCUT2D eigenvalue weighted by molar-refractivity contribution is 5.94. The van der Waals surface area contributed by atoms with Gasteiger partial charge < -0.3 is 15.2 Å². The SMILES string of the molecule is CCOc1cc(OCC)c(F)c(C(Cc2ccc(C(=N)N)cc2)c2nn(-c3ncccn3)c(=O)[nH]2)c1. The van der Waals surface area contributed by atoms with E-state index in [0.717, 1.165) is 10.2 Å². The number of halogens is 1. The summed E-state index contributed by atoms with van der Waals surface area (Å²) in [6, 6.07) is 11.7. The normalized spacial score (nSPS) is 11.8. The number of ether oxygens (including phenoxy) is 2. The van der Waals surface area contributed by atoms with Crippen LogP contribution in [0.5, 0.6) is 11.5 Å². The van der Waals surface area contributed by atoms with Gasteiger partial charge in [0.1, 0.15) is 17.4 Å². The number of nitrogens with one attached hydrogen (secondary N) is 2. The summed E-state index contributed by atoms with van der Waals surface area (Å²) in [7, 11) is 0. The number of nitrogens with two attached hydrogens (primary N) is 1. The van der Waals surface area contributed by atoms with Crippen molar-refractivity contribution in [2.75, 3.05) is 13.2 Å². The van der Waals surface area contributed by atoms with E-state index in [0.29, 0.717) is 17.9 Å². The Balaban J connectivity index is 1.85. The Hall–Kier alpha value is -4.54. The van der Waals surface area contributed by atoms with E-state index in [-0.39, 0.29) is 41.9 Å². The van der Waals surface area contributed by atoms with Gasteiger partial charge in [-0.15, -0.1) is 9.78 Å². The molecule has 2 aromatic heterocycles. The monoisotopic (exact) mass is 491 g/mol. The number of hydrogen-bond donors (Lipinski definition) is 3. The number of nitrogens with zero attached hydrogens (tertiary/aromatic N) is 4. The topological polar surface area (TPSA) is 145 Å². The van der Waals surface area contributed by atoms with Crippen LogP contribution in [0.15, 0.2) is 59.7 Å². The minimum absolute atomic E-state index is 0.0450. The van der Waals surface area contributed by atoms with E-state index in [1.165, 1.54) is 18.5 Å². The lowest BCUT2D eigenvalue weighted by Gasteiger charge is -2.19. The van der Waals surface area contributed by atoms with Crippen LogP contribution in [0.3, 0.4) is 0 Å². The first kappa shape index (κ1) is 24.6. The van der Waals surface area contributed by atoms with Gasteiger partial charge in [-0.2, -0.15) is 0 Å². The Labute approximate surface area is 206 Å². The molecule has 11 heteroatoms. The molecule has 0 aliphatic heterocycles. The molecule has 0 saturated carbocycles. The fourth-order valence-electron chi connectivity index (χ4n) is 3.80. The van der Waals surface area contributed by atoms with Gasteiger partial charge >= 0.3 is 5.69 Å². The largest absolute Gasteiger partial charge is 0.494 e. The molecule has 1 atom stereocenters. The van der Waals surface area contributed by atoms with Gasteiger partial charge in [0.2, 0.25) is 0 Å². The Morgan fingerprint density at radius 2 is 1.83 bits per heavy atom. The number of H-pyrrole nitrogens is 1. The van der Waals surface area contributed by atoms with Crippen LogP contribution in [0.2, 0.25) is 0 Å². The van der Waals surface area contributed by atoms with E-state index in [1.807, 2.05) is 6.92 Å². The van der Waals surface area contributed by atoms with E-state index in [1.54, 1.807) is 43.3 Å². The summed E-state index contributed by atoms with van der Waals surface area (Å²) in [5.74, 6) is -0.555. The second kappa shape index (κ2) is 10.8. The van der Waals surface area contributed by atoms with Gasteiger partial charge in [-0.3, -0.25) is 10.4 Å². The molecule has 0 fully saturated rings. The van der Waals surface area contributed by atoms with Crippen molar-refractivity contribution in [1.29, 1.82) is 5.41 Å². The summed E-state index contributed by atoms with van der Waals surface area (Å²) in [4.78, 5) is 23.7. The van der Waals surface area contributed by atoms with Crippen LogP contribution >= 0.6 is 0 Å². The van der Waals surface area contributed by atoms with E-state index in [2.05, 4.69) is 20.1 Å². The van der Waals surface area contributed by atoms with Crippen molar-refractivity contribution in [3.8, 4) is 17.4 Å². The van der Waals surface area contributed by atoms with Gasteiger partial charge in [-0.1, -0.05) is 24.3 Å². The van der Waals surface area contributed by atoms with Crippen molar-refractivity contribution in [1.82, 2.24) is 24.7 Å². The summed E-state index contributed by atoms with van der Waals surface area (Å²) >= 11 is 0. The Bertz CT molecular complexity index is 1400. The summed E-state index contributed by atoms with van der Waals surface area (Å²) in [5, 5.41) is 12.0. The summed E-state index contributed by atoms with van der Waals surface area (Å²) in [6.45, 7) is 4.24. The molecule has 10 nitrogen and oxygen atoms in total. The van der Waals surface area contributed by atoms with Gasteiger partial charge in [0.15, 0.2) is 11.6 Å². The van der Waals surface area contributed by atoms with Gasteiger partial charge in [0.05, 0.1) is 19.1 Å². The van der Waals surface area contributed by atoms with Crippen molar-refractivity contribution >= 4 is 5.84 Å². The standard InChI is InChI=1S/C25H26FN7O3/c1-3-35-17-13-18(21(26)20(14-17)36-4-2)19(12-15-6-8-16(9-7-15)22(27)28)23-31-25(34)33(32-23)24-29-10-5-11-30-24/h5-11,13-14,19H,3-4,12H2,1-2H3,(H3,27,28)(H,31,32,34). The van der Waals surface area contributed by atoms with Crippen molar-refractivity contribution in [3.63, 3.8) is 0 Å². The van der Waals surface area contributed by atoms with E-state index >= 15 is 4.39 Å². The van der Waals surface area contributed by atoms with Crippen LogP contribution in [0.1, 0.15) is 42.3 Å². The second-order valence-corrected chi connectivity index (χ2v) is 7.83. The lowest BCUT2D eigenvalue weighted by molar-refractivity contribution is 0.307. The van der Waals surface area contributed by atoms with E-state index < -0.39 is 17.4 Å². The fourth-order valence-corrected chi connectivity index (χ4v) is 3.80. The number of hydrogen-bond acceptors (Lipinski definition) is 7. The molecule has 36 heavy (non-hydrogen) atoms. The molecule has 2 aromatic carbocycles. The molecular formula is C25H26FN7O3. The molecule has 0 aliphatic carbocycles. The quantitative estimate of drug-likeness (QED) is 0.228. The van der Waals surface area contributed by atoms with E-state index in [4.69, 9.17) is 20.6 Å². The van der Waals surface area contributed by atoms with Crippen molar-refractivity contribution in [3.05, 3.63) is 93.7 Å². The number of nitrogen functional groups attached to an aromatic ring is 1. The Kier molecular flexibility index (Phi) is 7.38. The lowest BCUT2D eigenvalue weighted by atomic mass is 9.90. The van der Waals surface area contributed by atoms with Gasteiger partial charge in [0, 0.05) is 29.6 Å². The molecule has 0 bridgehead atoms. The molecule has 0 aliphatic rings. The maximum absolute atomic E-state index is 15.7. The molecule has 4 N–H and O–H groups in total. The Morgan fingerprint density at radius 1 is 1.14 bits per heavy atom. The average Bonchev–Trinajstić information content (AvgIpc) is 3.27. The van der Waals surface area contributed by atoms with Crippen molar-refractivity contribution in [2.45, 2.75) is 26.2 Å². The highest BCUT2D eigenvalue weighted by atomic mass is 19.1. The zero-order valence-electron chi connectivity index (χ0n) is 19.9. The molecule has 4 aromatic rings. The van der Waals surface area contributed by atoms with Gasteiger partial charge in [-0.05, 0) is 38.0 Å². The number of rotatable bonds is 10. The molecule has 2 heterocycles. The molecule has 186 valence electrons. The maximum Gasteiger partial charge on any atom is 0.350 e. The van der Waals surface area contributed by atoms with Crippen molar-refractivity contribution in [2.24, 2.45) is 5.73 Å². The lowest BCUT2D eigenvalue weighted by Crippen LogP contribution is -2.18. The molecule has 4 rings (SSSR count). The molecule has 0 amide bonds. The molecule has 0 spiro atoms. The maximum atomic E-state index is 15.7. The first-order valence-electron chi connectivity index (χ1n) is 11.4. The predicted molar refractivity (Wildman–Crippen MR) is 132 cm³/mol. The Morgan fingerprint density at radius 3 is 2.47 bits per heavy atom. The predicted octanol–water partition coefficient (Wildman–Crippen LogP) is 2.95. The van der Waals surface area contributed by atoms with Gasteiger partial charge in [-0.25, -0.2) is 19.2 Å². The number of amidine groups is 1. The smallest absolute Gasteiger partial charge is 0.350 e. The summed E-state index contributed by atoms with van der Waals surface area (Å²) in [6.07, 6.45) is 3.27. The molecule has 0 saturated heterocycles. The third kappa shape index (κ3) is 5.24. The first-order chi connectivity index (χ1) is 17.4. The van der Waals surface area contributed by atoms with Crippen LogP contribution in [0.4, 0.5) is 4.39 Å². The minimum atomic E-state index is -0.717.